The fraction of sp³-hybridized carbons (Fsp3) is 0.375. The van der Waals surface area contributed by atoms with Gasteiger partial charge in [0.1, 0.15) is 24.1 Å². The van der Waals surface area contributed by atoms with Crippen molar-refractivity contribution >= 4 is 28.3 Å². The third-order valence-corrected chi connectivity index (χ3v) is 6.71. The Bertz CT molecular complexity index is 1310. The van der Waals surface area contributed by atoms with Gasteiger partial charge in [-0.3, -0.25) is 4.79 Å². The summed E-state index contributed by atoms with van der Waals surface area (Å²) in [7, 11) is 1.76. The van der Waals surface area contributed by atoms with Crippen LogP contribution in [0.2, 0.25) is 0 Å². The van der Waals surface area contributed by atoms with E-state index in [1.807, 2.05) is 12.1 Å². The maximum Gasteiger partial charge on any atom is 0.298 e. The summed E-state index contributed by atoms with van der Waals surface area (Å²) in [6, 6.07) is 6.81. The number of anilines is 2. The molecule has 0 saturated heterocycles. The Labute approximate surface area is 188 Å². The van der Waals surface area contributed by atoms with Crippen molar-refractivity contribution in [2.45, 2.75) is 44.1 Å². The van der Waals surface area contributed by atoms with Crippen molar-refractivity contribution in [2.24, 2.45) is 0 Å². The number of carbonyl (C=O) groups excluding carboxylic acids is 1. The molecule has 1 fully saturated rings. The Hall–Kier alpha value is -3.20. The molecule has 2 aromatic carbocycles. The molecule has 0 radical (unpaired) electrons. The van der Waals surface area contributed by atoms with Gasteiger partial charge in [-0.2, -0.15) is 8.78 Å². The highest BCUT2D eigenvalue weighted by molar-refractivity contribution is 6.12. The van der Waals surface area contributed by atoms with E-state index in [0.717, 1.165) is 30.2 Å². The highest BCUT2D eigenvalue weighted by Crippen LogP contribution is 2.57. The minimum atomic E-state index is -3.68. The zero-order valence-electron chi connectivity index (χ0n) is 18.4. The Kier molecular flexibility index (Phi) is 4.69. The molecule has 0 unspecified atom stereocenters. The summed E-state index contributed by atoms with van der Waals surface area (Å²) in [6.07, 6.45) is 1.58. The molecule has 1 aliphatic heterocycles. The zero-order chi connectivity index (χ0) is 23.7. The second-order valence-electron chi connectivity index (χ2n) is 8.89. The van der Waals surface area contributed by atoms with Crippen LogP contribution < -0.4 is 10.2 Å². The van der Waals surface area contributed by atoms with E-state index in [9.17, 15) is 18.0 Å². The molecule has 1 saturated carbocycles. The van der Waals surface area contributed by atoms with Crippen molar-refractivity contribution in [3.8, 4) is 0 Å². The molecule has 6 nitrogen and oxygen atoms in total. The van der Waals surface area contributed by atoms with E-state index >= 15 is 0 Å². The topological polar surface area (TPSA) is 78.4 Å². The number of alkyl halides is 2. The average molecular weight is 456 g/mol. The van der Waals surface area contributed by atoms with Crippen LogP contribution in [0, 0.1) is 12.7 Å². The number of aromatic nitrogens is 2. The number of hydrogen-bond acceptors (Lipinski definition) is 5. The van der Waals surface area contributed by atoms with Gasteiger partial charge in [-0.05, 0) is 50.5 Å². The number of halogens is 3. The van der Waals surface area contributed by atoms with E-state index in [0.29, 0.717) is 22.5 Å². The van der Waals surface area contributed by atoms with E-state index in [1.165, 1.54) is 12.1 Å². The van der Waals surface area contributed by atoms with Gasteiger partial charge in [0.15, 0.2) is 0 Å². The number of nitrogens with one attached hydrogen (secondary N) is 1. The number of aliphatic hydroxyl groups excluding tert-OH is 1. The Morgan fingerprint density at radius 3 is 2.67 bits per heavy atom. The van der Waals surface area contributed by atoms with Crippen LogP contribution in [-0.2, 0) is 16.1 Å². The zero-order valence-corrected chi connectivity index (χ0v) is 18.4. The average Bonchev–Trinajstić information content (AvgIpc) is 3.55. The number of aryl methyl sites for hydroxylation is 1. The highest BCUT2D eigenvalue weighted by atomic mass is 19.3. The molecule has 1 atom stereocenters. The van der Waals surface area contributed by atoms with Gasteiger partial charge in [0, 0.05) is 23.7 Å². The minimum Gasteiger partial charge on any atom is -0.390 e. The molecule has 3 aromatic rings. The van der Waals surface area contributed by atoms with Crippen LogP contribution in [0.3, 0.4) is 0 Å². The van der Waals surface area contributed by atoms with Crippen LogP contribution in [0.4, 0.5) is 24.7 Å². The summed E-state index contributed by atoms with van der Waals surface area (Å²) in [5, 5.41) is 12.8. The molecule has 9 heteroatoms. The molecule has 2 aliphatic rings. The second kappa shape index (κ2) is 7.15. The van der Waals surface area contributed by atoms with Crippen molar-refractivity contribution in [1.82, 2.24) is 9.97 Å². The molecule has 1 spiro atoms. The van der Waals surface area contributed by atoms with Gasteiger partial charge in [0.25, 0.3) is 5.92 Å². The van der Waals surface area contributed by atoms with Crippen molar-refractivity contribution in [3.05, 3.63) is 58.7 Å². The van der Waals surface area contributed by atoms with Crippen LogP contribution in [0.5, 0.6) is 0 Å². The Balaban J connectivity index is 1.58. The number of carbonyl (C=O) groups is 1. The fourth-order valence-corrected chi connectivity index (χ4v) is 4.74. The first-order valence-electron chi connectivity index (χ1n) is 10.7. The Morgan fingerprint density at radius 1 is 1.27 bits per heavy atom. The van der Waals surface area contributed by atoms with Crippen LogP contribution in [0.25, 0.3) is 10.9 Å². The summed E-state index contributed by atoms with van der Waals surface area (Å²) in [4.78, 5) is 23.4. The number of amides is 1. The van der Waals surface area contributed by atoms with Gasteiger partial charge < -0.3 is 15.3 Å². The molecule has 172 valence electrons. The predicted octanol–water partition coefficient (Wildman–Crippen LogP) is 4.34. The first-order chi connectivity index (χ1) is 15.6. The van der Waals surface area contributed by atoms with Crippen molar-refractivity contribution in [2.75, 3.05) is 23.9 Å². The lowest BCUT2D eigenvalue weighted by atomic mass is 9.96. The number of fused-ring (bicyclic) bond motifs is 3. The third-order valence-electron chi connectivity index (χ3n) is 6.71. The molecule has 0 bridgehead atoms. The van der Waals surface area contributed by atoms with Crippen molar-refractivity contribution < 1.29 is 23.1 Å². The van der Waals surface area contributed by atoms with Crippen LogP contribution in [0.1, 0.15) is 48.3 Å². The monoisotopic (exact) mass is 456 g/mol. The third kappa shape index (κ3) is 3.17. The number of likely N-dealkylation sites (N-methyl/N-ethyl adjacent to an activating group) is 1. The van der Waals surface area contributed by atoms with E-state index in [1.54, 1.807) is 25.8 Å². The standard InChI is InChI=1S/C24H23F3N4O2/c1-12(14-5-4-6-16(20(14)25)24(26,27)11-32)28-21-15-9-17-19(10-18(15)29-13(2)30-21)31(3)22(33)23(17)7-8-23/h4-6,9-10,12,32H,7-8,11H2,1-3H3,(H,28,29,30)/t12-/m1/s1. The predicted molar refractivity (Wildman–Crippen MR) is 118 cm³/mol. The lowest BCUT2D eigenvalue weighted by Crippen LogP contribution is -2.27. The van der Waals surface area contributed by atoms with Gasteiger partial charge in [-0.1, -0.05) is 12.1 Å². The molecule has 33 heavy (non-hydrogen) atoms. The van der Waals surface area contributed by atoms with Gasteiger partial charge in [0.05, 0.1) is 22.5 Å². The number of benzene rings is 2. The highest BCUT2D eigenvalue weighted by Gasteiger charge is 2.58. The quantitative estimate of drug-likeness (QED) is 0.597. The molecule has 1 aliphatic carbocycles. The largest absolute Gasteiger partial charge is 0.390 e. The summed E-state index contributed by atoms with van der Waals surface area (Å²) in [5.41, 5.74) is 1.08. The summed E-state index contributed by atoms with van der Waals surface area (Å²) >= 11 is 0. The molecular weight excluding hydrogens is 433 g/mol. The minimum absolute atomic E-state index is 0.0276. The van der Waals surface area contributed by atoms with E-state index < -0.39 is 35.4 Å². The maximum absolute atomic E-state index is 15.0. The fourth-order valence-electron chi connectivity index (χ4n) is 4.74. The molecule has 2 heterocycles. The number of aliphatic hydroxyl groups is 1. The molecular formula is C24H23F3N4O2. The van der Waals surface area contributed by atoms with E-state index in [2.05, 4.69) is 15.3 Å². The summed E-state index contributed by atoms with van der Waals surface area (Å²) in [6.45, 7) is 1.89. The number of rotatable bonds is 5. The lowest BCUT2D eigenvalue weighted by molar-refractivity contribution is -0.119. The number of nitrogens with zero attached hydrogens (tertiary/aromatic N) is 3. The number of hydrogen-bond donors (Lipinski definition) is 2. The van der Waals surface area contributed by atoms with E-state index in [-0.39, 0.29) is 11.5 Å². The maximum atomic E-state index is 15.0. The lowest BCUT2D eigenvalue weighted by Gasteiger charge is -2.21. The van der Waals surface area contributed by atoms with E-state index in [4.69, 9.17) is 5.11 Å². The summed E-state index contributed by atoms with van der Waals surface area (Å²) < 4.78 is 42.9. The van der Waals surface area contributed by atoms with Gasteiger partial charge >= 0.3 is 0 Å². The van der Waals surface area contributed by atoms with Gasteiger partial charge in [-0.25, -0.2) is 14.4 Å². The van der Waals surface area contributed by atoms with Crippen LogP contribution >= 0.6 is 0 Å². The molecule has 5 rings (SSSR count). The summed E-state index contributed by atoms with van der Waals surface area (Å²) in [5.74, 6) is -3.77. The normalized spacial score (nSPS) is 17.5. The first kappa shape index (κ1) is 21.6. The van der Waals surface area contributed by atoms with Crippen molar-refractivity contribution in [1.29, 1.82) is 0 Å². The van der Waals surface area contributed by atoms with Crippen LogP contribution in [-0.4, -0.2) is 34.6 Å². The van der Waals surface area contributed by atoms with Gasteiger partial charge in [0.2, 0.25) is 5.91 Å². The second-order valence-corrected chi connectivity index (χ2v) is 8.89. The SMILES string of the molecule is Cc1nc(N[C@H](C)c2cccc(C(F)(F)CO)c2F)c2cc3c(cc2n1)N(C)C(=O)C31CC1. The molecule has 1 aromatic heterocycles. The Morgan fingerprint density at radius 2 is 2.00 bits per heavy atom. The van der Waals surface area contributed by atoms with Crippen LogP contribution in [0.15, 0.2) is 30.3 Å². The molecule has 1 amide bonds. The smallest absolute Gasteiger partial charge is 0.298 e. The van der Waals surface area contributed by atoms with Gasteiger partial charge in [-0.15, -0.1) is 0 Å². The first-order valence-corrected chi connectivity index (χ1v) is 10.7. The molecule has 2 N–H and O–H groups in total. The van der Waals surface area contributed by atoms with Crippen molar-refractivity contribution in [3.63, 3.8) is 0 Å².